The topological polar surface area (TPSA) is 114 Å². The summed E-state index contributed by atoms with van der Waals surface area (Å²) in [6, 6.07) is 0. The maximum atomic E-state index is 11.6. The second kappa shape index (κ2) is 7.60. The molecule has 0 amide bonds. The van der Waals surface area contributed by atoms with E-state index in [2.05, 4.69) is 18.3 Å². The molecule has 0 unspecified atom stereocenters. The average Bonchev–Trinajstić information content (AvgIpc) is 2.24. The Morgan fingerprint density at radius 1 is 0.800 bits per heavy atom. The van der Waals surface area contributed by atoms with E-state index in [4.69, 9.17) is 4.43 Å². The SMILES string of the molecule is CC(=O)OO[Si](OC(C)=O)(OC(C)=O)OC(=O)C(C)C. The van der Waals surface area contributed by atoms with Gasteiger partial charge in [-0.3, -0.25) is 14.4 Å². The summed E-state index contributed by atoms with van der Waals surface area (Å²) in [4.78, 5) is 48.6. The summed E-state index contributed by atoms with van der Waals surface area (Å²) < 4.78 is 18.5. The molecule has 0 aromatic rings. The molecule has 0 radical (unpaired) electrons. The van der Waals surface area contributed by atoms with Crippen LogP contribution in [-0.4, -0.2) is 32.9 Å². The van der Waals surface area contributed by atoms with E-state index in [9.17, 15) is 19.2 Å². The van der Waals surface area contributed by atoms with Gasteiger partial charge in [0.15, 0.2) is 0 Å². The lowest BCUT2D eigenvalue weighted by atomic mass is 10.2. The Hall–Kier alpha value is -1.94. The molecular weight excluding hydrogens is 292 g/mol. The van der Waals surface area contributed by atoms with Gasteiger partial charge in [0.2, 0.25) is 0 Å². The highest BCUT2D eigenvalue weighted by atomic mass is 28.4. The second-order valence-electron chi connectivity index (χ2n) is 3.92. The van der Waals surface area contributed by atoms with Crippen molar-refractivity contribution in [1.82, 2.24) is 0 Å². The van der Waals surface area contributed by atoms with Crippen LogP contribution in [0.3, 0.4) is 0 Å². The van der Waals surface area contributed by atoms with Crippen LogP contribution < -0.4 is 0 Å². The van der Waals surface area contributed by atoms with Crippen molar-refractivity contribution in [1.29, 1.82) is 0 Å². The summed E-state index contributed by atoms with van der Waals surface area (Å²) in [6.45, 7) is 5.94. The summed E-state index contributed by atoms with van der Waals surface area (Å²) in [5.74, 6) is -4.27. The van der Waals surface area contributed by atoms with Crippen LogP contribution in [0.4, 0.5) is 0 Å². The van der Waals surface area contributed by atoms with Gasteiger partial charge >= 0.3 is 21.0 Å². The van der Waals surface area contributed by atoms with Crippen LogP contribution in [0.15, 0.2) is 0 Å². The van der Waals surface area contributed by atoms with E-state index >= 15 is 0 Å². The second-order valence-corrected chi connectivity index (χ2v) is 5.70. The molecule has 0 aliphatic heterocycles. The highest BCUT2D eigenvalue weighted by Gasteiger charge is 2.61. The fourth-order valence-electron chi connectivity index (χ4n) is 0.816. The first-order valence-electron chi connectivity index (χ1n) is 5.56. The van der Waals surface area contributed by atoms with Crippen LogP contribution in [0.2, 0.25) is 0 Å². The van der Waals surface area contributed by atoms with Crippen molar-refractivity contribution in [3.05, 3.63) is 0 Å². The van der Waals surface area contributed by atoms with Gasteiger partial charge in [0, 0.05) is 20.8 Å². The molecule has 0 rings (SSSR count). The van der Waals surface area contributed by atoms with Crippen molar-refractivity contribution in [3.63, 3.8) is 0 Å². The van der Waals surface area contributed by atoms with Crippen LogP contribution in [-0.2, 0) is 41.9 Å². The van der Waals surface area contributed by atoms with Gasteiger partial charge in [-0.25, -0.2) is 4.79 Å². The first-order chi connectivity index (χ1) is 9.08. The van der Waals surface area contributed by atoms with Gasteiger partial charge in [0.25, 0.3) is 11.9 Å². The van der Waals surface area contributed by atoms with Crippen molar-refractivity contribution in [2.45, 2.75) is 34.6 Å². The quantitative estimate of drug-likeness (QED) is 0.386. The van der Waals surface area contributed by atoms with Gasteiger partial charge in [-0.05, 0) is 0 Å². The van der Waals surface area contributed by atoms with Crippen LogP contribution >= 0.6 is 0 Å². The predicted octanol–water partition coefficient (Wildman–Crippen LogP) is 0.242. The van der Waals surface area contributed by atoms with Crippen molar-refractivity contribution in [3.8, 4) is 0 Å². The van der Waals surface area contributed by atoms with Gasteiger partial charge in [0.1, 0.15) is 0 Å². The van der Waals surface area contributed by atoms with Gasteiger partial charge in [-0.15, -0.1) is 4.58 Å². The third-order valence-corrected chi connectivity index (χ3v) is 3.31. The molecule has 0 heterocycles. The molecule has 0 N–H and O–H groups in total. The molecule has 9 nitrogen and oxygen atoms in total. The Balaban J connectivity index is 5.27. The molecule has 114 valence electrons. The Bertz CT molecular complexity index is 388. The van der Waals surface area contributed by atoms with E-state index in [0.717, 1.165) is 20.8 Å². The summed E-state index contributed by atoms with van der Waals surface area (Å²) >= 11 is 0. The maximum Gasteiger partial charge on any atom is 0.937 e. The largest absolute Gasteiger partial charge is 0.937 e. The Morgan fingerprint density at radius 2 is 1.25 bits per heavy atom. The standard InChI is InChI=1S/C10H16O9Si/c1-6(2)10(14)18-20(16-8(4)12,17-9(5)13)19-15-7(3)11/h6H,1-5H3. The number of hydrogen-bond donors (Lipinski definition) is 0. The molecule has 0 saturated carbocycles. The van der Waals surface area contributed by atoms with Crippen LogP contribution in [0, 0.1) is 5.92 Å². The number of carbonyl (C=O) groups excluding carboxylic acids is 4. The van der Waals surface area contributed by atoms with Crippen molar-refractivity contribution < 1.29 is 41.9 Å². The summed E-state index contributed by atoms with van der Waals surface area (Å²) in [5, 5.41) is 0. The molecule has 0 aromatic heterocycles. The normalized spacial score (nSPS) is 10.7. The van der Waals surface area contributed by atoms with E-state index in [1.165, 1.54) is 13.8 Å². The number of carbonyl (C=O) groups is 4. The third-order valence-electron chi connectivity index (χ3n) is 1.50. The zero-order valence-corrected chi connectivity index (χ0v) is 12.8. The fourth-order valence-corrected chi connectivity index (χ4v) is 2.45. The lowest BCUT2D eigenvalue weighted by Gasteiger charge is -2.23. The Labute approximate surface area is 116 Å². The third kappa shape index (κ3) is 6.85. The molecule has 0 aliphatic carbocycles. The minimum absolute atomic E-state index is 0.617. The molecule has 20 heavy (non-hydrogen) atoms. The predicted molar refractivity (Wildman–Crippen MR) is 63.1 cm³/mol. The van der Waals surface area contributed by atoms with Gasteiger partial charge < -0.3 is 18.2 Å². The van der Waals surface area contributed by atoms with Crippen molar-refractivity contribution in [2.75, 3.05) is 0 Å². The van der Waals surface area contributed by atoms with E-state index in [1.54, 1.807) is 0 Å². The Morgan fingerprint density at radius 3 is 1.55 bits per heavy atom. The van der Waals surface area contributed by atoms with Crippen LogP contribution in [0.1, 0.15) is 34.6 Å². The maximum absolute atomic E-state index is 11.6. The van der Waals surface area contributed by atoms with Crippen molar-refractivity contribution in [2.24, 2.45) is 5.92 Å². The lowest BCUT2D eigenvalue weighted by Crippen LogP contribution is -2.53. The first kappa shape index (κ1) is 18.1. The molecule has 0 fully saturated rings. The smallest absolute Gasteiger partial charge is 0.431 e. The zero-order chi connectivity index (χ0) is 15.9. The summed E-state index contributed by atoms with van der Waals surface area (Å²) in [5.41, 5.74) is 0. The van der Waals surface area contributed by atoms with Gasteiger partial charge in [-0.2, -0.15) is 0 Å². The van der Waals surface area contributed by atoms with E-state index in [1.807, 2.05) is 0 Å². The monoisotopic (exact) mass is 308 g/mol. The molecule has 0 bridgehead atoms. The van der Waals surface area contributed by atoms with Crippen LogP contribution in [0.25, 0.3) is 0 Å². The lowest BCUT2D eigenvalue weighted by molar-refractivity contribution is -0.253. The van der Waals surface area contributed by atoms with Crippen molar-refractivity contribution >= 4 is 32.9 Å². The van der Waals surface area contributed by atoms with E-state index < -0.39 is 38.8 Å². The fraction of sp³-hybridized carbons (Fsp3) is 0.600. The molecule has 10 heteroatoms. The molecule has 0 spiro atoms. The molecule has 0 aliphatic rings. The summed E-state index contributed by atoms with van der Waals surface area (Å²) in [6.07, 6.45) is 0. The molecule has 0 atom stereocenters. The average molecular weight is 308 g/mol. The number of hydrogen-bond acceptors (Lipinski definition) is 9. The molecular formula is C10H16O9Si. The highest BCUT2D eigenvalue weighted by Crippen LogP contribution is 2.16. The van der Waals surface area contributed by atoms with Gasteiger partial charge in [-0.1, -0.05) is 13.8 Å². The van der Waals surface area contributed by atoms with E-state index in [0.29, 0.717) is 0 Å². The minimum Gasteiger partial charge on any atom is -0.431 e. The molecule has 0 aromatic carbocycles. The first-order valence-corrected chi connectivity index (χ1v) is 7.19. The molecule has 0 saturated heterocycles. The number of rotatable bonds is 6. The highest BCUT2D eigenvalue weighted by molar-refractivity contribution is 6.59. The summed E-state index contributed by atoms with van der Waals surface area (Å²) in [7, 11) is -4.60. The minimum atomic E-state index is -4.60. The zero-order valence-electron chi connectivity index (χ0n) is 11.8. The Kier molecular flexibility index (Phi) is 6.86. The van der Waals surface area contributed by atoms with Gasteiger partial charge in [0.05, 0.1) is 5.92 Å². The van der Waals surface area contributed by atoms with E-state index in [-0.39, 0.29) is 0 Å². The van der Waals surface area contributed by atoms with Crippen LogP contribution in [0.5, 0.6) is 0 Å².